The highest BCUT2D eigenvalue weighted by molar-refractivity contribution is 4.66. The zero-order valence-corrected chi connectivity index (χ0v) is 8.37. The number of unbranched alkanes of at least 4 members (excludes halogenated alkanes) is 3. The van der Waals surface area contributed by atoms with Gasteiger partial charge in [-0.3, -0.25) is 0 Å². The van der Waals surface area contributed by atoms with Crippen molar-refractivity contribution in [2.24, 2.45) is 0 Å². The molecule has 14 heavy (non-hydrogen) atoms. The average molecular weight is 196 g/mol. The molecule has 0 radical (unpaired) electrons. The monoisotopic (exact) mass is 196 g/mol. The van der Waals surface area contributed by atoms with Crippen molar-refractivity contribution in [3.05, 3.63) is 0 Å². The van der Waals surface area contributed by atoms with Crippen molar-refractivity contribution >= 4 is 0 Å². The van der Waals surface area contributed by atoms with Crippen LogP contribution < -0.4 is 0 Å². The van der Waals surface area contributed by atoms with Crippen LogP contribution in [0.25, 0.3) is 0 Å². The lowest BCUT2D eigenvalue weighted by molar-refractivity contribution is 0.150. The van der Waals surface area contributed by atoms with Gasteiger partial charge in [0, 0.05) is 13.2 Å². The van der Waals surface area contributed by atoms with E-state index in [1.807, 2.05) is 12.1 Å². The molecule has 0 bridgehead atoms. The molecule has 0 fully saturated rings. The van der Waals surface area contributed by atoms with Gasteiger partial charge in [-0.05, 0) is 12.8 Å². The summed E-state index contributed by atoms with van der Waals surface area (Å²) in [5.41, 5.74) is 0. The van der Waals surface area contributed by atoms with E-state index in [4.69, 9.17) is 20.0 Å². The van der Waals surface area contributed by atoms with E-state index in [1.54, 1.807) is 0 Å². The zero-order chi connectivity index (χ0) is 10.5. The summed E-state index contributed by atoms with van der Waals surface area (Å²) in [6, 6.07) is 3.84. The van der Waals surface area contributed by atoms with Crippen LogP contribution >= 0.6 is 0 Å². The first-order valence-electron chi connectivity index (χ1n) is 4.81. The van der Waals surface area contributed by atoms with Crippen LogP contribution in [0.15, 0.2) is 0 Å². The van der Waals surface area contributed by atoms with E-state index in [-0.39, 0.29) is 13.2 Å². The van der Waals surface area contributed by atoms with Crippen molar-refractivity contribution in [3.63, 3.8) is 0 Å². The number of nitriles is 2. The predicted molar refractivity (Wildman–Crippen MR) is 51.3 cm³/mol. The smallest absolute Gasteiger partial charge is 0.133 e. The molecule has 78 valence electrons. The van der Waals surface area contributed by atoms with E-state index in [2.05, 4.69) is 0 Å². The van der Waals surface area contributed by atoms with Gasteiger partial charge in [0.25, 0.3) is 0 Å². The number of hydrogen-bond acceptors (Lipinski definition) is 4. The minimum Gasteiger partial charge on any atom is -0.367 e. The van der Waals surface area contributed by atoms with Crippen molar-refractivity contribution in [1.29, 1.82) is 10.5 Å². The molecule has 0 spiro atoms. The van der Waals surface area contributed by atoms with Crippen LogP contribution in [-0.4, -0.2) is 26.4 Å². The molecular formula is C10H16N2O2. The average Bonchev–Trinajstić information content (AvgIpc) is 2.21. The molecule has 4 heteroatoms. The van der Waals surface area contributed by atoms with Crippen molar-refractivity contribution < 1.29 is 9.47 Å². The Morgan fingerprint density at radius 3 is 1.50 bits per heavy atom. The maximum absolute atomic E-state index is 8.17. The van der Waals surface area contributed by atoms with Gasteiger partial charge in [0.1, 0.15) is 13.2 Å². The van der Waals surface area contributed by atoms with Gasteiger partial charge >= 0.3 is 0 Å². The molecule has 0 atom stereocenters. The number of hydrogen-bond donors (Lipinski definition) is 0. The first-order valence-corrected chi connectivity index (χ1v) is 4.81. The first-order chi connectivity index (χ1) is 6.91. The normalized spacial score (nSPS) is 9.29. The molecule has 0 aliphatic rings. The Kier molecular flexibility index (Phi) is 11.0. The quantitative estimate of drug-likeness (QED) is 0.526. The van der Waals surface area contributed by atoms with E-state index < -0.39 is 0 Å². The van der Waals surface area contributed by atoms with Gasteiger partial charge in [-0.1, -0.05) is 12.8 Å². The molecule has 0 aromatic heterocycles. The molecule has 0 aromatic carbocycles. The molecule has 0 saturated heterocycles. The predicted octanol–water partition coefficient (Wildman–Crippen LogP) is 1.63. The molecule has 0 amide bonds. The summed E-state index contributed by atoms with van der Waals surface area (Å²) in [6.45, 7) is 1.69. The van der Waals surface area contributed by atoms with Crippen LogP contribution in [0.3, 0.4) is 0 Å². The summed E-state index contributed by atoms with van der Waals surface area (Å²) in [7, 11) is 0. The third-order valence-electron chi connectivity index (χ3n) is 1.66. The summed E-state index contributed by atoms with van der Waals surface area (Å²) in [4.78, 5) is 0. The molecule has 0 saturated carbocycles. The van der Waals surface area contributed by atoms with E-state index in [1.165, 1.54) is 0 Å². The van der Waals surface area contributed by atoms with Gasteiger partial charge in [0.2, 0.25) is 0 Å². The topological polar surface area (TPSA) is 66.0 Å². The van der Waals surface area contributed by atoms with Crippen LogP contribution in [-0.2, 0) is 9.47 Å². The van der Waals surface area contributed by atoms with Gasteiger partial charge in [0.15, 0.2) is 0 Å². The van der Waals surface area contributed by atoms with Crippen molar-refractivity contribution in [2.75, 3.05) is 26.4 Å². The molecule has 0 aromatic rings. The van der Waals surface area contributed by atoms with Crippen molar-refractivity contribution in [3.8, 4) is 12.1 Å². The van der Waals surface area contributed by atoms with Gasteiger partial charge in [-0.15, -0.1) is 0 Å². The second-order valence-electron chi connectivity index (χ2n) is 2.84. The lowest BCUT2D eigenvalue weighted by atomic mass is 10.2. The Morgan fingerprint density at radius 2 is 1.14 bits per heavy atom. The fourth-order valence-electron chi connectivity index (χ4n) is 0.997. The van der Waals surface area contributed by atoms with Crippen molar-refractivity contribution in [1.82, 2.24) is 0 Å². The van der Waals surface area contributed by atoms with Crippen LogP contribution in [0.2, 0.25) is 0 Å². The highest BCUT2D eigenvalue weighted by Crippen LogP contribution is 2.00. The molecule has 0 aliphatic heterocycles. The molecule has 0 heterocycles. The van der Waals surface area contributed by atoms with E-state index in [0.717, 1.165) is 25.7 Å². The minimum absolute atomic E-state index is 0.186. The van der Waals surface area contributed by atoms with Gasteiger partial charge in [-0.2, -0.15) is 10.5 Å². The van der Waals surface area contributed by atoms with E-state index in [0.29, 0.717) is 13.2 Å². The molecule has 0 unspecified atom stereocenters. The molecule has 4 nitrogen and oxygen atoms in total. The maximum atomic E-state index is 8.17. The lowest BCUT2D eigenvalue weighted by Crippen LogP contribution is -1.97. The summed E-state index contributed by atoms with van der Waals surface area (Å²) >= 11 is 0. The maximum Gasteiger partial charge on any atom is 0.133 e. The third kappa shape index (κ3) is 10.9. The van der Waals surface area contributed by atoms with Crippen LogP contribution in [0.1, 0.15) is 25.7 Å². The van der Waals surface area contributed by atoms with Crippen LogP contribution in [0.4, 0.5) is 0 Å². The highest BCUT2D eigenvalue weighted by atomic mass is 16.5. The summed E-state index contributed by atoms with van der Waals surface area (Å²) in [5.74, 6) is 0. The standard InChI is InChI=1S/C10H16N2O2/c11-5-9-13-7-3-1-2-4-8-14-10-6-12/h1-4,7-10H2. The Morgan fingerprint density at radius 1 is 0.714 bits per heavy atom. The highest BCUT2D eigenvalue weighted by Gasteiger charge is 1.91. The molecule has 0 aliphatic carbocycles. The Labute approximate surface area is 85.0 Å². The largest absolute Gasteiger partial charge is 0.367 e. The van der Waals surface area contributed by atoms with Crippen LogP contribution in [0, 0.1) is 22.7 Å². The second kappa shape index (κ2) is 11.9. The third-order valence-corrected chi connectivity index (χ3v) is 1.66. The number of nitrogens with zero attached hydrogens (tertiary/aromatic N) is 2. The fourth-order valence-corrected chi connectivity index (χ4v) is 0.997. The summed E-state index contributed by atoms with van der Waals surface area (Å²) in [6.07, 6.45) is 4.14. The molecular weight excluding hydrogens is 180 g/mol. The Balaban J connectivity index is 2.86. The first kappa shape index (κ1) is 12.9. The number of rotatable bonds is 9. The second-order valence-corrected chi connectivity index (χ2v) is 2.84. The van der Waals surface area contributed by atoms with Gasteiger partial charge in [-0.25, -0.2) is 0 Å². The summed E-state index contributed by atoms with van der Waals surface area (Å²) < 4.78 is 9.98. The minimum atomic E-state index is 0.186. The Bertz CT molecular complexity index is 171. The van der Waals surface area contributed by atoms with Gasteiger partial charge < -0.3 is 9.47 Å². The molecule has 0 N–H and O–H groups in total. The fraction of sp³-hybridized carbons (Fsp3) is 0.800. The SMILES string of the molecule is N#CCOCCCCCCOCC#N. The lowest BCUT2D eigenvalue weighted by Gasteiger charge is -2.01. The molecule has 0 rings (SSSR count). The number of ether oxygens (including phenoxy) is 2. The zero-order valence-electron chi connectivity index (χ0n) is 8.37. The summed E-state index contributed by atoms with van der Waals surface area (Å²) in [5, 5.41) is 16.3. The van der Waals surface area contributed by atoms with Crippen molar-refractivity contribution in [2.45, 2.75) is 25.7 Å². The van der Waals surface area contributed by atoms with E-state index in [9.17, 15) is 0 Å². The van der Waals surface area contributed by atoms with Gasteiger partial charge in [0.05, 0.1) is 12.1 Å². The van der Waals surface area contributed by atoms with E-state index >= 15 is 0 Å². The van der Waals surface area contributed by atoms with Crippen LogP contribution in [0.5, 0.6) is 0 Å². The Hall–Kier alpha value is -1.10.